The zero-order chi connectivity index (χ0) is 18.7. The number of hydrogen-bond acceptors (Lipinski definition) is 5. The number of likely N-dealkylation sites (tertiary alicyclic amines) is 1. The standard InChI is InChI=1S/C18H21N3O5/c1-2-26-17(23)15-16(12-6-4-3-5-7-12)21(11-19-15)13-10-20(18(24)25)9-8-14(13)22/h3-7,11,13-14,22H,2,8-10H2,1H3,(H,24,25)/t13-,14-/m0/s1. The van der Waals surface area contributed by atoms with E-state index in [9.17, 15) is 19.8 Å². The highest BCUT2D eigenvalue weighted by atomic mass is 16.5. The highest BCUT2D eigenvalue weighted by molar-refractivity contribution is 5.94. The van der Waals surface area contributed by atoms with Crippen molar-refractivity contribution in [2.24, 2.45) is 0 Å². The monoisotopic (exact) mass is 359 g/mol. The maximum atomic E-state index is 12.3. The highest BCUT2D eigenvalue weighted by Crippen LogP contribution is 2.31. The predicted molar refractivity (Wildman–Crippen MR) is 92.9 cm³/mol. The summed E-state index contributed by atoms with van der Waals surface area (Å²) in [6.45, 7) is 2.33. The first-order valence-electron chi connectivity index (χ1n) is 8.48. The fourth-order valence-electron chi connectivity index (χ4n) is 3.21. The fourth-order valence-corrected chi connectivity index (χ4v) is 3.21. The first-order chi connectivity index (χ1) is 12.5. The molecule has 1 amide bonds. The molecule has 1 aliphatic rings. The van der Waals surface area contributed by atoms with Crippen LogP contribution in [0.3, 0.4) is 0 Å². The van der Waals surface area contributed by atoms with Gasteiger partial charge in [-0.1, -0.05) is 30.3 Å². The molecule has 0 spiro atoms. The topological polar surface area (TPSA) is 105 Å². The van der Waals surface area contributed by atoms with Crippen LogP contribution in [0, 0.1) is 0 Å². The van der Waals surface area contributed by atoms with Crippen LogP contribution in [-0.2, 0) is 4.74 Å². The Kier molecular flexibility index (Phi) is 5.22. The molecule has 0 bridgehead atoms. The smallest absolute Gasteiger partial charge is 0.407 e. The third kappa shape index (κ3) is 3.41. The number of esters is 1. The minimum atomic E-state index is -1.03. The van der Waals surface area contributed by atoms with Gasteiger partial charge in [0.25, 0.3) is 0 Å². The van der Waals surface area contributed by atoms with Crippen LogP contribution in [0.25, 0.3) is 11.3 Å². The summed E-state index contributed by atoms with van der Waals surface area (Å²) in [5.41, 5.74) is 1.41. The number of aliphatic hydroxyl groups is 1. The van der Waals surface area contributed by atoms with Crippen molar-refractivity contribution in [2.75, 3.05) is 19.7 Å². The van der Waals surface area contributed by atoms with Crippen molar-refractivity contribution in [1.29, 1.82) is 0 Å². The lowest BCUT2D eigenvalue weighted by atomic mass is 10.0. The van der Waals surface area contributed by atoms with E-state index < -0.39 is 24.2 Å². The number of aromatic nitrogens is 2. The maximum absolute atomic E-state index is 12.3. The summed E-state index contributed by atoms with van der Waals surface area (Å²) in [7, 11) is 0. The van der Waals surface area contributed by atoms with Crippen molar-refractivity contribution in [1.82, 2.24) is 14.5 Å². The number of aliphatic hydroxyl groups excluding tert-OH is 1. The second-order valence-electron chi connectivity index (χ2n) is 6.09. The molecule has 1 aromatic heterocycles. The Morgan fingerprint density at radius 1 is 1.31 bits per heavy atom. The molecule has 2 atom stereocenters. The summed E-state index contributed by atoms with van der Waals surface area (Å²) >= 11 is 0. The van der Waals surface area contributed by atoms with Gasteiger partial charge in [-0.15, -0.1) is 0 Å². The molecular formula is C18H21N3O5. The van der Waals surface area contributed by atoms with Crippen molar-refractivity contribution in [3.63, 3.8) is 0 Å². The van der Waals surface area contributed by atoms with Crippen LogP contribution < -0.4 is 0 Å². The zero-order valence-corrected chi connectivity index (χ0v) is 14.4. The quantitative estimate of drug-likeness (QED) is 0.809. The van der Waals surface area contributed by atoms with Crippen molar-refractivity contribution in [2.45, 2.75) is 25.5 Å². The van der Waals surface area contributed by atoms with Crippen molar-refractivity contribution in [3.05, 3.63) is 42.4 Å². The van der Waals surface area contributed by atoms with E-state index >= 15 is 0 Å². The van der Waals surface area contributed by atoms with E-state index in [4.69, 9.17) is 4.74 Å². The van der Waals surface area contributed by atoms with Gasteiger partial charge < -0.3 is 24.4 Å². The average Bonchev–Trinajstić information content (AvgIpc) is 3.07. The molecule has 2 heterocycles. The van der Waals surface area contributed by atoms with Gasteiger partial charge in [-0.2, -0.15) is 0 Å². The molecule has 2 aromatic rings. The molecule has 2 N–H and O–H groups in total. The van der Waals surface area contributed by atoms with E-state index in [1.807, 2.05) is 30.3 Å². The molecule has 8 nitrogen and oxygen atoms in total. The van der Waals surface area contributed by atoms with E-state index in [1.165, 1.54) is 11.2 Å². The fraction of sp³-hybridized carbons (Fsp3) is 0.389. The number of piperidine rings is 1. The van der Waals surface area contributed by atoms with E-state index in [2.05, 4.69) is 4.98 Å². The minimum absolute atomic E-state index is 0.120. The van der Waals surface area contributed by atoms with Crippen LogP contribution in [0.4, 0.5) is 4.79 Å². The van der Waals surface area contributed by atoms with Gasteiger partial charge in [0.2, 0.25) is 0 Å². The van der Waals surface area contributed by atoms with Crippen molar-refractivity contribution in [3.8, 4) is 11.3 Å². The summed E-state index contributed by atoms with van der Waals surface area (Å²) in [5.74, 6) is -0.550. The maximum Gasteiger partial charge on any atom is 0.407 e. The number of imidazole rings is 1. The third-order valence-corrected chi connectivity index (χ3v) is 4.48. The Hall–Kier alpha value is -2.87. The summed E-state index contributed by atoms with van der Waals surface area (Å²) in [5, 5.41) is 19.7. The van der Waals surface area contributed by atoms with Crippen LogP contribution >= 0.6 is 0 Å². The van der Waals surface area contributed by atoms with E-state index in [1.54, 1.807) is 11.5 Å². The van der Waals surface area contributed by atoms with Gasteiger partial charge in [-0.05, 0) is 13.3 Å². The van der Waals surface area contributed by atoms with Crippen molar-refractivity contribution < 1.29 is 24.5 Å². The SMILES string of the molecule is CCOC(=O)c1ncn([C@H]2CN(C(=O)O)CC[C@@H]2O)c1-c1ccccc1. The van der Waals surface area contributed by atoms with Gasteiger partial charge in [0, 0.05) is 18.7 Å². The van der Waals surface area contributed by atoms with Crippen molar-refractivity contribution >= 4 is 12.1 Å². The molecule has 8 heteroatoms. The molecule has 138 valence electrons. The Balaban J connectivity index is 2.06. The first-order valence-corrected chi connectivity index (χ1v) is 8.48. The van der Waals surface area contributed by atoms with Gasteiger partial charge in [0.05, 0.1) is 30.8 Å². The largest absolute Gasteiger partial charge is 0.465 e. The molecule has 0 saturated carbocycles. The number of carboxylic acid groups (broad SMARTS) is 1. The lowest BCUT2D eigenvalue weighted by Gasteiger charge is -2.36. The van der Waals surface area contributed by atoms with E-state index in [0.717, 1.165) is 5.56 Å². The van der Waals surface area contributed by atoms with E-state index in [-0.39, 0.29) is 25.4 Å². The zero-order valence-electron chi connectivity index (χ0n) is 14.4. The molecule has 0 unspecified atom stereocenters. The number of rotatable bonds is 4. The molecule has 0 aliphatic carbocycles. The number of amides is 1. The van der Waals surface area contributed by atoms with E-state index in [0.29, 0.717) is 12.1 Å². The average molecular weight is 359 g/mol. The molecular weight excluding hydrogens is 338 g/mol. The second-order valence-corrected chi connectivity index (χ2v) is 6.09. The lowest BCUT2D eigenvalue weighted by molar-refractivity contribution is 0.0351. The Morgan fingerprint density at radius 2 is 2.04 bits per heavy atom. The summed E-state index contributed by atoms with van der Waals surface area (Å²) < 4.78 is 6.78. The Labute approximate surface area is 150 Å². The number of nitrogens with zero attached hydrogens (tertiary/aromatic N) is 3. The second kappa shape index (κ2) is 7.57. The van der Waals surface area contributed by atoms with Gasteiger partial charge in [0.15, 0.2) is 5.69 Å². The molecule has 1 aliphatic heterocycles. The minimum Gasteiger partial charge on any atom is -0.465 e. The number of ether oxygens (including phenoxy) is 1. The first kappa shape index (κ1) is 17.9. The van der Waals surface area contributed by atoms with Crippen LogP contribution in [0.5, 0.6) is 0 Å². The Bertz CT molecular complexity index is 789. The molecule has 1 fully saturated rings. The van der Waals surface area contributed by atoms with Gasteiger partial charge in [0.1, 0.15) is 0 Å². The normalized spacial score (nSPS) is 20.0. The lowest BCUT2D eigenvalue weighted by Crippen LogP contribution is -2.46. The van der Waals surface area contributed by atoms with Crippen LogP contribution in [0.1, 0.15) is 29.9 Å². The number of carbonyl (C=O) groups is 2. The number of hydrogen-bond donors (Lipinski definition) is 2. The molecule has 1 saturated heterocycles. The molecule has 1 aromatic carbocycles. The summed E-state index contributed by atoms with van der Waals surface area (Å²) in [6.07, 6.45) is 0.0116. The van der Waals surface area contributed by atoms with Gasteiger partial charge >= 0.3 is 12.1 Å². The van der Waals surface area contributed by atoms with Gasteiger partial charge in [-0.3, -0.25) is 0 Å². The number of benzene rings is 1. The van der Waals surface area contributed by atoms with Gasteiger partial charge in [-0.25, -0.2) is 14.6 Å². The molecule has 0 radical (unpaired) electrons. The molecule has 3 rings (SSSR count). The third-order valence-electron chi connectivity index (χ3n) is 4.48. The summed E-state index contributed by atoms with van der Waals surface area (Å²) in [6, 6.07) is 8.66. The predicted octanol–water partition coefficient (Wildman–Crippen LogP) is 2.01. The molecule has 26 heavy (non-hydrogen) atoms. The van der Waals surface area contributed by atoms with Crippen LogP contribution in [0.2, 0.25) is 0 Å². The number of carbonyl (C=O) groups excluding carboxylic acids is 1. The van der Waals surface area contributed by atoms with Crippen LogP contribution in [-0.4, -0.2) is 62.5 Å². The highest BCUT2D eigenvalue weighted by Gasteiger charge is 2.34. The van der Waals surface area contributed by atoms with Crippen LogP contribution in [0.15, 0.2) is 36.7 Å². The summed E-state index contributed by atoms with van der Waals surface area (Å²) in [4.78, 5) is 29.1. The Morgan fingerprint density at radius 3 is 2.69 bits per heavy atom.